The summed E-state index contributed by atoms with van der Waals surface area (Å²) in [7, 11) is 0. The maximum atomic E-state index is 11.9. The van der Waals surface area contributed by atoms with Crippen molar-refractivity contribution in [1.82, 2.24) is 10.3 Å². The molecule has 1 aliphatic heterocycles. The van der Waals surface area contributed by atoms with E-state index < -0.39 is 6.04 Å². The van der Waals surface area contributed by atoms with E-state index in [4.69, 9.17) is 5.11 Å². The van der Waals surface area contributed by atoms with Gasteiger partial charge in [-0.25, -0.2) is 4.98 Å². The number of amides is 2. The van der Waals surface area contributed by atoms with Crippen LogP contribution in [0.4, 0.5) is 5.82 Å². The molecule has 1 unspecified atom stereocenters. The zero-order valence-corrected chi connectivity index (χ0v) is 10.8. The lowest BCUT2D eigenvalue weighted by atomic mass is 10.2. The third kappa shape index (κ3) is 3.80. The highest BCUT2D eigenvalue weighted by Crippen LogP contribution is 2.10. The van der Waals surface area contributed by atoms with Crippen molar-refractivity contribution in [3.05, 3.63) is 23.9 Å². The van der Waals surface area contributed by atoms with E-state index >= 15 is 0 Å². The minimum Gasteiger partial charge on any atom is -0.395 e. The van der Waals surface area contributed by atoms with Gasteiger partial charge in [0.2, 0.25) is 11.8 Å². The number of rotatable bonds is 3. The molecule has 1 atom stereocenters. The molecule has 1 aliphatic rings. The number of carbonyl (C=O) groups is 2. The molecule has 0 bridgehead atoms. The summed E-state index contributed by atoms with van der Waals surface area (Å²) in [5, 5.41) is 13.9. The molecule has 0 aromatic carbocycles. The molecule has 1 saturated heterocycles. The van der Waals surface area contributed by atoms with Gasteiger partial charge in [0.05, 0.1) is 6.61 Å². The van der Waals surface area contributed by atoms with Crippen LogP contribution in [0.5, 0.6) is 0 Å². The Hall–Kier alpha value is -2.39. The molecule has 0 spiro atoms. The van der Waals surface area contributed by atoms with Crippen LogP contribution < -0.4 is 10.6 Å². The van der Waals surface area contributed by atoms with Crippen LogP contribution in [0, 0.1) is 11.8 Å². The zero-order valence-electron chi connectivity index (χ0n) is 10.8. The first-order valence-corrected chi connectivity index (χ1v) is 6.36. The van der Waals surface area contributed by atoms with Gasteiger partial charge < -0.3 is 15.7 Å². The largest absolute Gasteiger partial charge is 0.395 e. The van der Waals surface area contributed by atoms with E-state index in [-0.39, 0.29) is 18.4 Å². The number of aliphatic hydroxyl groups is 1. The van der Waals surface area contributed by atoms with E-state index in [9.17, 15) is 9.59 Å². The predicted molar refractivity (Wildman–Crippen MR) is 72.6 cm³/mol. The number of aromatic nitrogens is 1. The number of carbonyl (C=O) groups excluding carboxylic acids is 2. The average molecular weight is 273 g/mol. The number of pyridine rings is 1. The minimum atomic E-state index is -0.492. The number of hydrogen-bond acceptors (Lipinski definition) is 4. The van der Waals surface area contributed by atoms with Gasteiger partial charge in [-0.05, 0) is 24.5 Å². The molecule has 3 N–H and O–H groups in total. The number of hydrogen-bond donors (Lipinski definition) is 3. The number of nitrogens with zero attached hydrogens (tertiary/aromatic N) is 1. The van der Waals surface area contributed by atoms with E-state index in [1.807, 2.05) is 0 Å². The Labute approximate surface area is 116 Å². The lowest BCUT2D eigenvalue weighted by Gasteiger charge is -2.10. The van der Waals surface area contributed by atoms with Crippen LogP contribution in [0.15, 0.2) is 18.2 Å². The van der Waals surface area contributed by atoms with Crippen molar-refractivity contribution in [1.29, 1.82) is 0 Å². The molecule has 20 heavy (non-hydrogen) atoms. The minimum absolute atomic E-state index is 0.00477. The van der Waals surface area contributed by atoms with Crippen LogP contribution in [-0.2, 0) is 9.59 Å². The summed E-state index contributed by atoms with van der Waals surface area (Å²) in [6.07, 6.45) is 1.26. The summed E-state index contributed by atoms with van der Waals surface area (Å²) < 4.78 is 0. The molecule has 2 heterocycles. The highest BCUT2D eigenvalue weighted by Gasteiger charge is 2.27. The quantitative estimate of drug-likeness (QED) is 0.678. The fraction of sp³-hybridized carbons (Fsp3) is 0.357. The van der Waals surface area contributed by atoms with Gasteiger partial charge in [0.15, 0.2) is 0 Å². The Kier molecular flexibility index (Phi) is 4.69. The summed E-state index contributed by atoms with van der Waals surface area (Å²) in [6, 6.07) is 4.62. The Morgan fingerprint density at radius 3 is 3.10 bits per heavy atom. The third-order valence-electron chi connectivity index (χ3n) is 2.77. The summed E-state index contributed by atoms with van der Waals surface area (Å²) >= 11 is 0. The zero-order chi connectivity index (χ0) is 14.4. The molecule has 104 valence electrons. The Bertz CT molecular complexity index is 575. The van der Waals surface area contributed by atoms with Gasteiger partial charge >= 0.3 is 0 Å². The van der Waals surface area contributed by atoms with Gasteiger partial charge in [0, 0.05) is 12.8 Å². The van der Waals surface area contributed by atoms with Gasteiger partial charge in [-0.1, -0.05) is 12.0 Å². The SMILES string of the molecule is O=C1CCC(C(=O)Nc2cccc(C#CCCO)n2)N1. The molecule has 2 rings (SSSR count). The molecule has 1 fully saturated rings. The van der Waals surface area contributed by atoms with Crippen molar-refractivity contribution in [3.63, 3.8) is 0 Å². The molecule has 0 radical (unpaired) electrons. The number of anilines is 1. The van der Waals surface area contributed by atoms with Crippen LogP contribution in [-0.4, -0.2) is 34.6 Å². The molecular formula is C14H15N3O3. The molecule has 0 saturated carbocycles. The van der Waals surface area contributed by atoms with Crippen molar-refractivity contribution in [2.75, 3.05) is 11.9 Å². The molecule has 2 amide bonds. The first kappa shape index (κ1) is 14.0. The van der Waals surface area contributed by atoms with E-state index in [2.05, 4.69) is 27.5 Å². The first-order chi connectivity index (χ1) is 9.69. The molecule has 0 aliphatic carbocycles. The van der Waals surface area contributed by atoms with Crippen LogP contribution in [0.1, 0.15) is 25.0 Å². The number of aliphatic hydroxyl groups excluding tert-OH is 1. The highest BCUT2D eigenvalue weighted by atomic mass is 16.2. The lowest BCUT2D eigenvalue weighted by Crippen LogP contribution is -2.37. The summed E-state index contributed by atoms with van der Waals surface area (Å²) in [5.74, 6) is 5.57. The monoisotopic (exact) mass is 273 g/mol. The lowest BCUT2D eigenvalue weighted by molar-refractivity contribution is -0.122. The van der Waals surface area contributed by atoms with E-state index in [0.29, 0.717) is 30.8 Å². The van der Waals surface area contributed by atoms with Crippen LogP contribution in [0.25, 0.3) is 0 Å². The summed E-state index contributed by atoms with van der Waals surface area (Å²) in [4.78, 5) is 27.1. The van der Waals surface area contributed by atoms with Crippen molar-refractivity contribution in [3.8, 4) is 11.8 Å². The molecule has 6 nitrogen and oxygen atoms in total. The van der Waals surface area contributed by atoms with Crippen LogP contribution in [0.3, 0.4) is 0 Å². The van der Waals surface area contributed by atoms with Gasteiger partial charge in [-0.2, -0.15) is 0 Å². The maximum Gasteiger partial charge on any atom is 0.248 e. The molecular weight excluding hydrogens is 258 g/mol. The molecule has 1 aromatic rings. The first-order valence-electron chi connectivity index (χ1n) is 6.36. The van der Waals surface area contributed by atoms with Gasteiger partial charge in [-0.3, -0.25) is 9.59 Å². The predicted octanol–water partition coefficient (Wildman–Crippen LogP) is 0.0326. The van der Waals surface area contributed by atoms with Crippen molar-refractivity contribution < 1.29 is 14.7 Å². The smallest absolute Gasteiger partial charge is 0.248 e. The van der Waals surface area contributed by atoms with E-state index in [0.717, 1.165) is 0 Å². The van der Waals surface area contributed by atoms with Gasteiger partial charge in [0.25, 0.3) is 0 Å². The van der Waals surface area contributed by atoms with Crippen molar-refractivity contribution in [2.45, 2.75) is 25.3 Å². The average Bonchev–Trinajstić information content (AvgIpc) is 2.86. The highest BCUT2D eigenvalue weighted by molar-refractivity contribution is 5.98. The fourth-order valence-electron chi connectivity index (χ4n) is 1.81. The van der Waals surface area contributed by atoms with Crippen molar-refractivity contribution in [2.24, 2.45) is 0 Å². The molecule has 1 aromatic heterocycles. The standard InChI is InChI=1S/C14H15N3O3/c18-9-2-1-4-10-5-3-6-12(15-10)17-14(20)11-7-8-13(19)16-11/h3,5-6,11,18H,2,7-9H2,(H,16,19)(H,15,17,20). The van der Waals surface area contributed by atoms with Crippen molar-refractivity contribution >= 4 is 17.6 Å². The second-order valence-corrected chi connectivity index (χ2v) is 4.33. The second-order valence-electron chi connectivity index (χ2n) is 4.33. The van der Waals surface area contributed by atoms with E-state index in [1.54, 1.807) is 18.2 Å². The van der Waals surface area contributed by atoms with Crippen LogP contribution >= 0.6 is 0 Å². The maximum absolute atomic E-state index is 11.9. The Morgan fingerprint density at radius 1 is 1.55 bits per heavy atom. The summed E-state index contributed by atoms with van der Waals surface area (Å²) in [6.45, 7) is 0.00477. The number of nitrogens with one attached hydrogen (secondary N) is 2. The Morgan fingerprint density at radius 2 is 2.40 bits per heavy atom. The second kappa shape index (κ2) is 6.68. The van der Waals surface area contributed by atoms with Gasteiger partial charge in [0.1, 0.15) is 17.6 Å². The Balaban J connectivity index is 1.99. The third-order valence-corrected chi connectivity index (χ3v) is 2.77. The molecule has 6 heteroatoms. The topological polar surface area (TPSA) is 91.3 Å². The van der Waals surface area contributed by atoms with E-state index in [1.165, 1.54) is 0 Å². The van der Waals surface area contributed by atoms with Gasteiger partial charge in [-0.15, -0.1) is 0 Å². The van der Waals surface area contributed by atoms with Crippen LogP contribution in [0.2, 0.25) is 0 Å². The fourth-order valence-corrected chi connectivity index (χ4v) is 1.81. The summed E-state index contributed by atoms with van der Waals surface area (Å²) in [5.41, 5.74) is 0.520. The normalized spacial score (nSPS) is 17.1.